The van der Waals surface area contributed by atoms with Crippen molar-refractivity contribution >= 4 is 11.6 Å². The summed E-state index contributed by atoms with van der Waals surface area (Å²) in [4.78, 5) is 14.1. The minimum Gasteiger partial charge on any atom is -0.399 e. The smallest absolute Gasteiger partial charge is 0.222 e. The monoisotopic (exact) mass is 246 g/mol. The number of nitrogens with two attached hydrogens (primary N) is 1. The molecular formula is C15H22N2O. The predicted octanol–water partition coefficient (Wildman–Crippen LogP) is 2.32. The summed E-state index contributed by atoms with van der Waals surface area (Å²) in [6.45, 7) is 6.28. The summed E-state index contributed by atoms with van der Waals surface area (Å²) >= 11 is 0. The third kappa shape index (κ3) is 3.03. The molecule has 1 amide bonds. The summed E-state index contributed by atoms with van der Waals surface area (Å²) in [5.74, 6) is 1.54. The minimum absolute atomic E-state index is 0.281. The Morgan fingerprint density at radius 3 is 2.33 bits per heavy atom. The highest BCUT2D eigenvalue weighted by atomic mass is 16.2. The molecule has 18 heavy (non-hydrogen) atoms. The molecule has 2 atom stereocenters. The zero-order chi connectivity index (χ0) is 13.1. The molecule has 0 saturated carbocycles. The van der Waals surface area contributed by atoms with E-state index in [1.54, 1.807) is 0 Å². The number of hydrogen-bond donors (Lipinski definition) is 1. The van der Waals surface area contributed by atoms with E-state index in [2.05, 4.69) is 13.8 Å². The topological polar surface area (TPSA) is 46.3 Å². The maximum absolute atomic E-state index is 12.1. The molecule has 0 radical (unpaired) electrons. The molecule has 1 fully saturated rings. The molecular weight excluding hydrogens is 224 g/mol. The summed E-state index contributed by atoms with van der Waals surface area (Å²) in [6.07, 6.45) is 1.40. The lowest BCUT2D eigenvalue weighted by Gasteiger charge is -2.15. The predicted molar refractivity (Wildman–Crippen MR) is 74.1 cm³/mol. The maximum atomic E-state index is 12.1. The molecule has 0 aliphatic carbocycles. The average molecular weight is 246 g/mol. The van der Waals surface area contributed by atoms with Gasteiger partial charge in [0.2, 0.25) is 5.91 Å². The molecule has 2 rings (SSSR count). The molecule has 1 aromatic carbocycles. The van der Waals surface area contributed by atoms with Crippen LogP contribution in [0.25, 0.3) is 0 Å². The molecule has 3 nitrogen and oxygen atoms in total. The van der Waals surface area contributed by atoms with E-state index in [-0.39, 0.29) is 5.91 Å². The van der Waals surface area contributed by atoms with Crippen molar-refractivity contribution in [3.8, 4) is 0 Å². The lowest BCUT2D eigenvalue weighted by atomic mass is 10.0. The van der Waals surface area contributed by atoms with Gasteiger partial charge in [-0.2, -0.15) is 0 Å². The van der Waals surface area contributed by atoms with Gasteiger partial charge in [-0.15, -0.1) is 0 Å². The number of anilines is 1. The standard InChI is InChI=1S/C15H22N2O/c1-11-9-17(10-12(11)2)15(18)8-5-13-3-6-14(16)7-4-13/h3-4,6-7,11-12H,5,8-10,16H2,1-2H3. The normalized spacial score (nSPS) is 23.3. The van der Waals surface area contributed by atoms with Gasteiger partial charge in [0.15, 0.2) is 0 Å². The number of amides is 1. The van der Waals surface area contributed by atoms with Crippen molar-refractivity contribution in [2.45, 2.75) is 26.7 Å². The summed E-state index contributed by atoms with van der Waals surface area (Å²) in [5.41, 5.74) is 7.59. The van der Waals surface area contributed by atoms with Gasteiger partial charge in [0.05, 0.1) is 0 Å². The first-order valence-electron chi connectivity index (χ1n) is 6.68. The van der Waals surface area contributed by atoms with E-state index < -0.39 is 0 Å². The molecule has 2 N–H and O–H groups in total. The van der Waals surface area contributed by atoms with E-state index in [1.807, 2.05) is 29.2 Å². The second-order valence-corrected chi connectivity index (χ2v) is 5.49. The number of nitrogen functional groups attached to an aromatic ring is 1. The van der Waals surface area contributed by atoms with Crippen LogP contribution in [0.15, 0.2) is 24.3 Å². The molecule has 1 aromatic rings. The quantitative estimate of drug-likeness (QED) is 0.832. The Morgan fingerprint density at radius 1 is 1.22 bits per heavy atom. The molecule has 98 valence electrons. The van der Waals surface area contributed by atoms with Crippen LogP contribution < -0.4 is 5.73 Å². The number of likely N-dealkylation sites (tertiary alicyclic amines) is 1. The second kappa shape index (κ2) is 5.42. The zero-order valence-electron chi connectivity index (χ0n) is 11.2. The number of aryl methyl sites for hydroxylation is 1. The highest BCUT2D eigenvalue weighted by Crippen LogP contribution is 2.22. The van der Waals surface area contributed by atoms with Crippen molar-refractivity contribution in [1.29, 1.82) is 0 Å². The first kappa shape index (κ1) is 12.9. The third-order valence-corrected chi connectivity index (χ3v) is 3.95. The van der Waals surface area contributed by atoms with Crippen molar-refractivity contribution in [3.63, 3.8) is 0 Å². The van der Waals surface area contributed by atoms with Crippen LogP contribution in [0.5, 0.6) is 0 Å². The van der Waals surface area contributed by atoms with Crippen molar-refractivity contribution in [3.05, 3.63) is 29.8 Å². The van der Waals surface area contributed by atoms with E-state index in [9.17, 15) is 4.79 Å². The summed E-state index contributed by atoms with van der Waals surface area (Å²) in [7, 11) is 0. The Morgan fingerprint density at radius 2 is 1.78 bits per heavy atom. The van der Waals surface area contributed by atoms with Gasteiger partial charge < -0.3 is 10.6 Å². The molecule has 1 aliphatic heterocycles. The van der Waals surface area contributed by atoms with Crippen molar-refractivity contribution in [2.75, 3.05) is 18.8 Å². The highest BCUT2D eigenvalue weighted by Gasteiger charge is 2.28. The van der Waals surface area contributed by atoms with Gasteiger partial charge in [-0.1, -0.05) is 26.0 Å². The van der Waals surface area contributed by atoms with E-state index in [0.29, 0.717) is 18.3 Å². The van der Waals surface area contributed by atoms with Gasteiger partial charge >= 0.3 is 0 Å². The van der Waals surface area contributed by atoms with E-state index in [0.717, 1.165) is 25.2 Å². The van der Waals surface area contributed by atoms with Crippen LogP contribution in [-0.2, 0) is 11.2 Å². The average Bonchev–Trinajstić information content (AvgIpc) is 2.69. The summed E-state index contributed by atoms with van der Waals surface area (Å²) in [5, 5.41) is 0. The van der Waals surface area contributed by atoms with Crippen LogP contribution in [-0.4, -0.2) is 23.9 Å². The number of hydrogen-bond acceptors (Lipinski definition) is 2. The fraction of sp³-hybridized carbons (Fsp3) is 0.533. The van der Waals surface area contributed by atoms with E-state index >= 15 is 0 Å². The Balaban J connectivity index is 1.83. The van der Waals surface area contributed by atoms with Crippen molar-refractivity contribution in [1.82, 2.24) is 4.90 Å². The van der Waals surface area contributed by atoms with Gasteiger partial charge in [-0.05, 0) is 36.0 Å². The van der Waals surface area contributed by atoms with Crippen LogP contribution in [0.1, 0.15) is 25.8 Å². The molecule has 2 unspecified atom stereocenters. The Kier molecular flexibility index (Phi) is 3.90. The van der Waals surface area contributed by atoms with Crippen molar-refractivity contribution < 1.29 is 4.79 Å². The Labute approximate surface area is 109 Å². The fourth-order valence-electron chi connectivity index (χ4n) is 2.43. The second-order valence-electron chi connectivity index (χ2n) is 5.49. The van der Waals surface area contributed by atoms with E-state index in [1.165, 1.54) is 5.56 Å². The van der Waals surface area contributed by atoms with Gasteiger partial charge in [0.25, 0.3) is 0 Å². The number of nitrogens with zero attached hydrogens (tertiary/aromatic N) is 1. The van der Waals surface area contributed by atoms with Crippen LogP contribution in [0, 0.1) is 11.8 Å². The molecule has 0 spiro atoms. The number of carbonyl (C=O) groups is 1. The minimum atomic E-state index is 0.281. The SMILES string of the molecule is CC1CN(C(=O)CCc2ccc(N)cc2)CC1C. The Hall–Kier alpha value is -1.51. The molecule has 3 heteroatoms. The number of carbonyl (C=O) groups excluding carboxylic acids is 1. The molecule has 1 saturated heterocycles. The van der Waals surface area contributed by atoms with Gasteiger partial charge in [-0.25, -0.2) is 0 Å². The molecule has 0 aromatic heterocycles. The lowest BCUT2D eigenvalue weighted by molar-refractivity contribution is -0.130. The first-order chi connectivity index (χ1) is 8.56. The van der Waals surface area contributed by atoms with Gasteiger partial charge in [0.1, 0.15) is 0 Å². The van der Waals surface area contributed by atoms with Crippen LogP contribution in [0.3, 0.4) is 0 Å². The Bertz CT molecular complexity index is 403. The molecule has 1 heterocycles. The summed E-state index contributed by atoms with van der Waals surface area (Å²) in [6, 6.07) is 7.77. The van der Waals surface area contributed by atoms with Crippen molar-refractivity contribution in [2.24, 2.45) is 11.8 Å². The number of benzene rings is 1. The lowest BCUT2D eigenvalue weighted by Crippen LogP contribution is -2.29. The van der Waals surface area contributed by atoms with Crippen LogP contribution in [0.4, 0.5) is 5.69 Å². The molecule has 1 aliphatic rings. The van der Waals surface area contributed by atoms with E-state index in [4.69, 9.17) is 5.73 Å². The largest absolute Gasteiger partial charge is 0.399 e. The van der Waals surface area contributed by atoms with Crippen LogP contribution in [0.2, 0.25) is 0 Å². The van der Waals surface area contributed by atoms with Crippen LogP contribution >= 0.6 is 0 Å². The maximum Gasteiger partial charge on any atom is 0.222 e. The highest BCUT2D eigenvalue weighted by molar-refractivity contribution is 5.76. The zero-order valence-corrected chi connectivity index (χ0v) is 11.2. The molecule has 0 bridgehead atoms. The summed E-state index contributed by atoms with van der Waals surface area (Å²) < 4.78 is 0. The third-order valence-electron chi connectivity index (χ3n) is 3.95. The number of rotatable bonds is 3. The van der Waals surface area contributed by atoms with Gasteiger partial charge in [0, 0.05) is 25.2 Å². The first-order valence-corrected chi connectivity index (χ1v) is 6.68. The fourth-order valence-corrected chi connectivity index (χ4v) is 2.43. The van der Waals surface area contributed by atoms with Gasteiger partial charge in [-0.3, -0.25) is 4.79 Å².